The van der Waals surface area contributed by atoms with Crippen molar-refractivity contribution in [1.82, 2.24) is 0 Å². The molecule has 44 heavy (non-hydrogen) atoms. The van der Waals surface area contributed by atoms with Crippen LogP contribution in [0.2, 0.25) is 0 Å². The molecule has 0 radical (unpaired) electrons. The molecular weight excluding hydrogens is 564 g/mol. The minimum atomic E-state index is -0.769. The summed E-state index contributed by atoms with van der Waals surface area (Å²) in [4.78, 5) is 13.2. The number of allylic oxidation sites excluding steroid dienone is 2. The topological polar surface area (TPSA) is 90.9 Å². The van der Waals surface area contributed by atoms with Crippen LogP contribution in [0.1, 0.15) is 50.2 Å². The average Bonchev–Trinajstić information content (AvgIpc) is 3.04. The second-order valence-electron chi connectivity index (χ2n) is 11.4. The highest BCUT2D eigenvalue weighted by molar-refractivity contribution is 6.04. The Kier molecular flexibility index (Phi) is 9.96. The molecular formula is C35H46O9. The number of ketones is 1. The first kappa shape index (κ1) is 32.9. The number of carbonyl (C=O) groups excluding carboxylic acids is 1. The smallest absolute Gasteiger partial charge is 0.223 e. The molecule has 0 saturated heterocycles. The molecule has 0 bridgehead atoms. The summed E-state index contributed by atoms with van der Waals surface area (Å²) in [6.07, 6.45) is 4.35. The Balaban J connectivity index is 2.13. The van der Waals surface area contributed by atoms with E-state index < -0.39 is 5.41 Å². The Morgan fingerprint density at radius 2 is 1.09 bits per heavy atom. The minimum Gasteiger partial charge on any atom is -0.500 e. The van der Waals surface area contributed by atoms with E-state index in [9.17, 15) is 4.79 Å². The van der Waals surface area contributed by atoms with Gasteiger partial charge in [0.15, 0.2) is 28.8 Å². The second-order valence-corrected chi connectivity index (χ2v) is 11.4. The molecule has 0 heterocycles. The molecule has 9 nitrogen and oxygen atoms in total. The molecule has 2 aliphatic rings. The maximum Gasteiger partial charge on any atom is 0.223 e. The molecule has 0 aromatic heterocycles. The van der Waals surface area contributed by atoms with Gasteiger partial charge in [-0.3, -0.25) is 4.79 Å². The third kappa shape index (κ3) is 5.10. The van der Waals surface area contributed by atoms with Crippen LogP contribution in [-0.4, -0.2) is 62.7 Å². The standard InChI is InChI=1S/C35H46O9/c1-12-23-19(2)33(21-13-27(39-6)29(41-8)16-25(21)37-4)20(3)34(22-14-28(40-7)30(42-9)17-26(22)38-5)35(23)18-31(43-10)24(36)15-32(35)44-11/h13-20,23,33-34H,12H2,1-11H3/t19-,20+,23+,33-,34+,35+/m1/s1. The number of hydrogen-bond donors (Lipinski definition) is 0. The van der Waals surface area contributed by atoms with Crippen molar-refractivity contribution < 1.29 is 42.7 Å². The zero-order valence-electron chi connectivity index (χ0n) is 27.7. The second kappa shape index (κ2) is 13.3. The number of rotatable bonds is 11. The summed E-state index contributed by atoms with van der Waals surface area (Å²) in [5, 5.41) is 0. The van der Waals surface area contributed by atoms with E-state index in [0.717, 1.165) is 17.5 Å². The van der Waals surface area contributed by atoms with E-state index in [1.165, 1.54) is 7.11 Å². The zero-order valence-corrected chi connectivity index (χ0v) is 27.7. The summed E-state index contributed by atoms with van der Waals surface area (Å²) >= 11 is 0. The van der Waals surface area contributed by atoms with Gasteiger partial charge < -0.3 is 37.9 Å². The summed E-state index contributed by atoms with van der Waals surface area (Å²) in [6, 6.07) is 7.74. The van der Waals surface area contributed by atoms with E-state index in [1.807, 2.05) is 30.3 Å². The van der Waals surface area contributed by atoms with Crippen molar-refractivity contribution in [3.8, 4) is 34.5 Å². The maximum absolute atomic E-state index is 13.2. The Morgan fingerprint density at radius 1 is 0.614 bits per heavy atom. The fourth-order valence-corrected chi connectivity index (χ4v) is 8.07. The van der Waals surface area contributed by atoms with Crippen molar-refractivity contribution in [2.75, 3.05) is 56.9 Å². The number of methoxy groups -OCH3 is 8. The van der Waals surface area contributed by atoms with Crippen molar-refractivity contribution in [3.63, 3.8) is 0 Å². The quantitative estimate of drug-likeness (QED) is 0.281. The highest BCUT2D eigenvalue weighted by Crippen LogP contribution is 2.67. The first-order valence-corrected chi connectivity index (χ1v) is 14.8. The highest BCUT2D eigenvalue weighted by Gasteiger charge is 2.60. The number of carbonyl (C=O) groups is 1. The van der Waals surface area contributed by atoms with Crippen LogP contribution in [-0.2, 0) is 14.3 Å². The van der Waals surface area contributed by atoms with Crippen molar-refractivity contribution in [1.29, 1.82) is 0 Å². The predicted molar refractivity (Wildman–Crippen MR) is 167 cm³/mol. The molecule has 0 unspecified atom stereocenters. The van der Waals surface area contributed by atoms with Gasteiger partial charge >= 0.3 is 0 Å². The van der Waals surface area contributed by atoms with Crippen LogP contribution in [0.25, 0.3) is 0 Å². The van der Waals surface area contributed by atoms with E-state index in [1.54, 1.807) is 55.8 Å². The third-order valence-corrected chi connectivity index (χ3v) is 9.77. The average molecular weight is 611 g/mol. The summed E-state index contributed by atoms with van der Waals surface area (Å²) in [5.74, 6) is 4.08. The van der Waals surface area contributed by atoms with Gasteiger partial charge in [-0.1, -0.05) is 27.2 Å². The largest absolute Gasteiger partial charge is 0.500 e. The van der Waals surface area contributed by atoms with Gasteiger partial charge in [-0.05, 0) is 41.9 Å². The first-order chi connectivity index (χ1) is 21.1. The minimum absolute atomic E-state index is 0.00578. The molecule has 2 aromatic rings. The van der Waals surface area contributed by atoms with Gasteiger partial charge in [-0.2, -0.15) is 0 Å². The molecule has 2 aliphatic carbocycles. The first-order valence-electron chi connectivity index (χ1n) is 14.8. The van der Waals surface area contributed by atoms with Crippen LogP contribution in [0.15, 0.2) is 47.9 Å². The third-order valence-electron chi connectivity index (χ3n) is 9.77. The van der Waals surface area contributed by atoms with Gasteiger partial charge in [0, 0.05) is 35.3 Å². The van der Waals surface area contributed by atoms with Gasteiger partial charge in [0.05, 0.1) is 62.3 Å². The summed E-state index contributed by atoms with van der Waals surface area (Å²) in [7, 11) is 12.9. The molecule has 1 fully saturated rings. The Morgan fingerprint density at radius 3 is 1.55 bits per heavy atom. The monoisotopic (exact) mass is 610 g/mol. The normalized spacial score (nSPS) is 26.3. The maximum atomic E-state index is 13.2. The van der Waals surface area contributed by atoms with Crippen molar-refractivity contribution in [2.45, 2.75) is 39.0 Å². The Labute approximate surface area is 261 Å². The molecule has 1 saturated carbocycles. The van der Waals surface area contributed by atoms with E-state index >= 15 is 0 Å². The van der Waals surface area contributed by atoms with Crippen LogP contribution in [0.3, 0.4) is 0 Å². The lowest BCUT2D eigenvalue weighted by molar-refractivity contribution is -0.115. The van der Waals surface area contributed by atoms with Gasteiger partial charge in [0.2, 0.25) is 5.78 Å². The fourth-order valence-electron chi connectivity index (χ4n) is 8.07. The van der Waals surface area contributed by atoms with E-state index in [2.05, 4.69) is 20.8 Å². The van der Waals surface area contributed by atoms with Crippen LogP contribution in [0, 0.1) is 23.2 Å². The van der Waals surface area contributed by atoms with Crippen molar-refractivity contribution in [2.24, 2.45) is 23.2 Å². The molecule has 0 aliphatic heterocycles. The van der Waals surface area contributed by atoms with Crippen LogP contribution in [0.4, 0.5) is 0 Å². The summed E-state index contributed by atoms with van der Waals surface area (Å²) < 4.78 is 46.7. The van der Waals surface area contributed by atoms with Gasteiger partial charge in [-0.25, -0.2) is 0 Å². The van der Waals surface area contributed by atoms with Crippen molar-refractivity contribution in [3.05, 3.63) is 59.1 Å². The molecule has 4 rings (SSSR count). The van der Waals surface area contributed by atoms with Gasteiger partial charge in [0.1, 0.15) is 17.3 Å². The number of hydrogen-bond acceptors (Lipinski definition) is 9. The van der Waals surface area contributed by atoms with E-state index in [-0.39, 0.29) is 41.1 Å². The molecule has 0 amide bonds. The number of ether oxygens (including phenoxy) is 8. The van der Waals surface area contributed by atoms with Crippen LogP contribution >= 0.6 is 0 Å². The van der Waals surface area contributed by atoms with Gasteiger partial charge in [0.25, 0.3) is 0 Å². The molecule has 2 aromatic carbocycles. The Hall–Kier alpha value is -4.01. The number of benzene rings is 2. The molecule has 9 heteroatoms. The lowest BCUT2D eigenvalue weighted by Crippen LogP contribution is -2.52. The predicted octanol–water partition coefficient (Wildman–Crippen LogP) is 6.55. The molecule has 240 valence electrons. The van der Waals surface area contributed by atoms with Gasteiger partial charge in [-0.15, -0.1) is 0 Å². The van der Waals surface area contributed by atoms with E-state index in [0.29, 0.717) is 40.3 Å². The van der Waals surface area contributed by atoms with E-state index in [4.69, 9.17) is 37.9 Å². The summed E-state index contributed by atoms with van der Waals surface area (Å²) in [6.45, 7) is 6.67. The lowest BCUT2D eigenvalue weighted by Gasteiger charge is -2.58. The zero-order chi connectivity index (χ0) is 32.3. The fraction of sp³-hybridized carbons (Fsp3) is 0.514. The highest BCUT2D eigenvalue weighted by atomic mass is 16.5. The molecule has 1 spiro atoms. The van der Waals surface area contributed by atoms with Crippen molar-refractivity contribution >= 4 is 5.78 Å². The van der Waals surface area contributed by atoms with Crippen LogP contribution in [0.5, 0.6) is 34.5 Å². The SMILES string of the molecule is CC[C@H]1[C@@H](C)[C@@H](c2cc(OC)c(OC)cc2OC)[C@H](C)[C@@H](c2cc(OC)c(OC)cc2OC)[C@@]12C=C(OC)C(=O)C=C2OC. The van der Waals surface area contributed by atoms with Crippen LogP contribution < -0.4 is 28.4 Å². The Bertz CT molecular complexity index is 1430. The lowest BCUT2D eigenvalue weighted by atomic mass is 9.46. The molecule has 6 atom stereocenters. The molecule has 0 N–H and O–H groups in total. The summed E-state index contributed by atoms with van der Waals surface area (Å²) in [5.41, 5.74) is 1.14.